The zero-order valence-corrected chi connectivity index (χ0v) is 18.3. The summed E-state index contributed by atoms with van der Waals surface area (Å²) < 4.78 is 66.2. The lowest BCUT2D eigenvalue weighted by atomic mass is 10.1. The summed E-state index contributed by atoms with van der Waals surface area (Å²) in [5, 5.41) is 2.13. The van der Waals surface area contributed by atoms with Crippen LogP contribution in [0.5, 0.6) is 0 Å². The number of hydrogen-bond acceptors (Lipinski definition) is 4. The number of hydrogen-bond donors (Lipinski definition) is 1. The third-order valence-corrected chi connectivity index (χ3v) is 8.33. The molecule has 0 bridgehead atoms. The van der Waals surface area contributed by atoms with Crippen LogP contribution in [0.2, 0.25) is 0 Å². The Balaban J connectivity index is 1.56. The van der Waals surface area contributed by atoms with Gasteiger partial charge in [0.05, 0.1) is 10.8 Å². The van der Waals surface area contributed by atoms with Crippen LogP contribution in [0.25, 0.3) is 0 Å². The molecule has 0 saturated carbocycles. The zero-order chi connectivity index (χ0) is 23.5. The van der Waals surface area contributed by atoms with Crippen LogP contribution >= 0.6 is 0 Å². The highest BCUT2D eigenvalue weighted by Gasteiger charge is 2.38. The highest BCUT2D eigenvalue weighted by atomic mass is 32.2. The summed E-state index contributed by atoms with van der Waals surface area (Å²) in [7, 11) is -3.57. The predicted molar refractivity (Wildman–Crippen MR) is 112 cm³/mol. The fraction of sp³-hybridized carbons (Fsp3) is 0.524. The van der Waals surface area contributed by atoms with Crippen molar-refractivity contribution >= 4 is 21.8 Å². The van der Waals surface area contributed by atoms with E-state index in [0.717, 1.165) is 12.1 Å². The Morgan fingerprint density at radius 3 is 2.25 bits per heavy atom. The minimum absolute atomic E-state index is 0.0650. The Kier molecular flexibility index (Phi) is 7.29. The molecule has 2 amide bonds. The molecule has 2 aliphatic heterocycles. The smallest absolute Gasteiger partial charge is 0.350 e. The fourth-order valence-corrected chi connectivity index (χ4v) is 6.04. The van der Waals surface area contributed by atoms with Crippen molar-refractivity contribution in [2.45, 2.75) is 43.2 Å². The van der Waals surface area contributed by atoms with Gasteiger partial charge < -0.3 is 10.2 Å². The molecule has 11 heteroatoms. The third-order valence-electron chi connectivity index (χ3n) is 5.93. The molecule has 32 heavy (non-hydrogen) atoms. The second kappa shape index (κ2) is 9.62. The molecule has 7 nitrogen and oxygen atoms in total. The van der Waals surface area contributed by atoms with Gasteiger partial charge in [0.15, 0.2) is 0 Å². The molecule has 3 rings (SSSR count). The quantitative estimate of drug-likeness (QED) is 0.666. The van der Waals surface area contributed by atoms with Gasteiger partial charge in [-0.1, -0.05) is 12.6 Å². The molecular weight excluding hydrogens is 447 g/mol. The second-order valence-electron chi connectivity index (χ2n) is 8.00. The molecule has 2 saturated heterocycles. The third kappa shape index (κ3) is 5.50. The largest absolute Gasteiger partial charge is 0.416 e. The fourth-order valence-electron chi connectivity index (χ4n) is 4.09. The monoisotopic (exact) mass is 473 g/mol. The Bertz CT molecular complexity index is 965. The number of nitrogens with one attached hydrogen (secondary N) is 1. The average Bonchev–Trinajstić information content (AvgIpc) is 2.78. The van der Waals surface area contributed by atoms with Crippen LogP contribution < -0.4 is 5.32 Å². The first-order valence-electron chi connectivity index (χ1n) is 10.4. The van der Waals surface area contributed by atoms with Crippen molar-refractivity contribution in [1.29, 1.82) is 0 Å². The number of sulfonamides is 1. The number of carbonyl (C=O) groups excluding carboxylic acids is 2. The van der Waals surface area contributed by atoms with E-state index >= 15 is 0 Å². The van der Waals surface area contributed by atoms with E-state index in [1.807, 2.05) is 0 Å². The maximum Gasteiger partial charge on any atom is 0.416 e. The molecule has 0 unspecified atom stereocenters. The van der Waals surface area contributed by atoms with Gasteiger partial charge in [0.2, 0.25) is 15.9 Å². The van der Waals surface area contributed by atoms with Gasteiger partial charge >= 0.3 is 6.18 Å². The van der Waals surface area contributed by atoms with Crippen molar-refractivity contribution in [3.63, 3.8) is 0 Å². The number of nitrogens with zero attached hydrogens (tertiary/aromatic N) is 2. The maximum absolute atomic E-state index is 13.0. The highest BCUT2D eigenvalue weighted by Crippen LogP contribution is 2.30. The molecule has 2 aliphatic rings. The van der Waals surface area contributed by atoms with E-state index in [1.165, 1.54) is 27.4 Å². The molecule has 1 N–H and O–H groups in total. The molecular formula is C21H26F3N3O4S. The van der Waals surface area contributed by atoms with E-state index < -0.39 is 32.9 Å². The first kappa shape index (κ1) is 24.2. The number of alkyl halides is 3. The van der Waals surface area contributed by atoms with E-state index in [4.69, 9.17) is 0 Å². The van der Waals surface area contributed by atoms with Crippen LogP contribution in [0.4, 0.5) is 13.2 Å². The summed E-state index contributed by atoms with van der Waals surface area (Å²) >= 11 is 0. The topological polar surface area (TPSA) is 86.8 Å². The lowest BCUT2D eigenvalue weighted by molar-refractivity contribution is -0.137. The van der Waals surface area contributed by atoms with Crippen molar-refractivity contribution in [1.82, 2.24) is 14.5 Å². The van der Waals surface area contributed by atoms with Gasteiger partial charge in [0.1, 0.15) is 0 Å². The Morgan fingerprint density at radius 1 is 1.06 bits per heavy atom. The van der Waals surface area contributed by atoms with E-state index in [9.17, 15) is 31.2 Å². The minimum Gasteiger partial charge on any atom is -0.350 e. The van der Waals surface area contributed by atoms with Crippen LogP contribution in [0.15, 0.2) is 36.9 Å². The molecule has 1 aromatic rings. The maximum atomic E-state index is 13.0. The van der Waals surface area contributed by atoms with Gasteiger partial charge in [-0.15, -0.1) is 0 Å². The standard InChI is InChI=1S/C21H26F3N3O4S/c1-2-19(28)25-17-6-12-27(13-7-17)32(30,31)18-8-10-26(11-9-18)20(29)15-4-3-5-16(14-15)21(22,23)24/h2-5,14,17-18H,1,6-13H2,(H,25,28). The van der Waals surface area contributed by atoms with Gasteiger partial charge in [-0.05, 0) is 50.0 Å². The summed E-state index contributed by atoms with van der Waals surface area (Å²) in [6, 6.07) is 4.14. The highest BCUT2D eigenvalue weighted by molar-refractivity contribution is 7.89. The summed E-state index contributed by atoms with van der Waals surface area (Å²) in [5.74, 6) is -0.824. The van der Waals surface area contributed by atoms with Crippen LogP contribution in [0, 0.1) is 0 Å². The minimum atomic E-state index is -4.54. The van der Waals surface area contributed by atoms with E-state index in [1.54, 1.807) is 0 Å². The molecule has 0 aliphatic carbocycles. The number of carbonyl (C=O) groups is 2. The summed E-state index contributed by atoms with van der Waals surface area (Å²) in [6.07, 6.45) is -1.91. The van der Waals surface area contributed by atoms with Crippen LogP contribution in [0.3, 0.4) is 0 Å². The molecule has 176 valence electrons. The number of amides is 2. The molecule has 0 radical (unpaired) electrons. The number of halogens is 3. The SMILES string of the molecule is C=CC(=O)NC1CCN(S(=O)(=O)C2CCN(C(=O)c3cccc(C(F)(F)F)c3)CC2)CC1. The van der Waals surface area contributed by atoms with E-state index in [0.29, 0.717) is 25.9 Å². The van der Waals surface area contributed by atoms with Gasteiger partial charge in [0.25, 0.3) is 5.91 Å². The predicted octanol–water partition coefficient (Wildman–Crippen LogP) is 2.41. The lowest BCUT2D eigenvalue weighted by Gasteiger charge is -2.37. The van der Waals surface area contributed by atoms with Crippen LogP contribution in [0.1, 0.15) is 41.6 Å². The van der Waals surface area contributed by atoms with Crippen molar-refractivity contribution < 1.29 is 31.2 Å². The second-order valence-corrected chi connectivity index (χ2v) is 10.2. The average molecular weight is 474 g/mol. The number of rotatable bonds is 5. The van der Waals surface area contributed by atoms with Gasteiger partial charge in [-0.25, -0.2) is 12.7 Å². The number of likely N-dealkylation sites (tertiary alicyclic amines) is 1. The van der Waals surface area contributed by atoms with E-state index in [-0.39, 0.29) is 43.4 Å². The normalized spacial score (nSPS) is 19.5. The molecule has 0 spiro atoms. The molecule has 2 fully saturated rings. The van der Waals surface area contributed by atoms with Crippen molar-refractivity contribution in [2.75, 3.05) is 26.2 Å². The van der Waals surface area contributed by atoms with Crippen molar-refractivity contribution in [2.24, 2.45) is 0 Å². The van der Waals surface area contributed by atoms with E-state index in [2.05, 4.69) is 11.9 Å². The van der Waals surface area contributed by atoms with Crippen molar-refractivity contribution in [3.8, 4) is 0 Å². The zero-order valence-electron chi connectivity index (χ0n) is 17.5. The first-order valence-corrected chi connectivity index (χ1v) is 11.9. The molecule has 0 atom stereocenters. The number of benzene rings is 1. The summed E-state index contributed by atoms with van der Waals surface area (Å²) in [5.41, 5.74) is -0.960. The van der Waals surface area contributed by atoms with Crippen LogP contribution in [-0.2, 0) is 21.0 Å². The Hall–Kier alpha value is -2.40. The summed E-state index contributed by atoms with van der Waals surface area (Å²) in [4.78, 5) is 25.5. The molecule has 1 aromatic carbocycles. The van der Waals surface area contributed by atoms with Gasteiger partial charge in [-0.3, -0.25) is 9.59 Å². The Labute approximate surface area is 185 Å². The van der Waals surface area contributed by atoms with Gasteiger partial charge in [-0.2, -0.15) is 13.2 Å². The lowest BCUT2D eigenvalue weighted by Crippen LogP contribution is -2.51. The number of piperidine rings is 2. The van der Waals surface area contributed by atoms with Gasteiger partial charge in [0, 0.05) is 37.8 Å². The van der Waals surface area contributed by atoms with Crippen LogP contribution in [-0.4, -0.2) is 66.9 Å². The summed E-state index contributed by atoms with van der Waals surface area (Å²) in [6.45, 7) is 4.31. The molecule has 0 aromatic heterocycles. The first-order chi connectivity index (χ1) is 15.0. The van der Waals surface area contributed by atoms with Crippen molar-refractivity contribution in [3.05, 3.63) is 48.0 Å². The molecule has 2 heterocycles. The Morgan fingerprint density at radius 2 is 1.69 bits per heavy atom.